The molecular formula is C22H16F3N7O. The molecule has 166 valence electrons. The van der Waals surface area contributed by atoms with Crippen LogP contribution < -0.4 is 5.32 Å². The summed E-state index contributed by atoms with van der Waals surface area (Å²) in [4.78, 5) is 21.0. The molecular weight excluding hydrogens is 435 g/mol. The fraction of sp³-hybridized carbons (Fsp3) is 0.136. The van der Waals surface area contributed by atoms with Gasteiger partial charge in [0.15, 0.2) is 0 Å². The number of nitrogens with zero attached hydrogens (tertiary/aromatic N) is 6. The molecule has 5 rings (SSSR count). The summed E-state index contributed by atoms with van der Waals surface area (Å²) in [7, 11) is 0. The third-order valence-electron chi connectivity index (χ3n) is 5.15. The second-order valence-electron chi connectivity index (χ2n) is 7.14. The molecule has 0 amide bonds. The van der Waals surface area contributed by atoms with E-state index in [9.17, 15) is 13.2 Å². The zero-order valence-corrected chi connectivity index (χ0v) is 16.9. The van der Waals surface area contributed by atoms with Crippen molar-refractivity contribution in [1.29, 1.82) is 0 Å². The maximum atomic E-state index is 13.4. The van der Waals surface area contributed by atoms with E-state index in [-0.39, 0.29) is 11.6 Å². The molecule has 0 saturated heterocycles. The number of hydrogen-bond acceptors (Lipinski definition) is 7. The summed E-state index contributed by atoms with van der Waals surface area (Å²) >= 11 is 0. The highest BCUT2D eigenvalue weighted by Gasteiger charge is 2.47. The van der Waals surface area contributed by atoms with Gasteiger partial charge < -0.3 is 5.32 Å². The van der Waals surface area contributed by atoms with Crippen LogP contribution >= 0.6 is 0 Å². The lowest BCUT2D eigenvalue weighted by atomic mass is 9.84. The van der Waals surface area contributed by atoms with Gasteiger partial charge in [0.1, 0.15) is 30.1 Å². The Balaban J connectivity index is 1.71. The molecule has 1 aliphatic rings. The molecule has 8 nitrogen and oxygen atoms in total. The van der Waals surface area contributed by atoms with Crippen LogP contribution in [0.25, 0.3) is 16.9 Å². The molecule has 0 saturated carbocycles. The molecule has 1 N–H and O–H groups in total. The van der Waals surface area contributed by atoms with E-state index in [1.165, 1.54) is 37.1 Å². The molecule has 11 heteroatoms. The Hall–Kier alpha value is -4.12. The van der Waals surface area contributed by atoms with Gasteiger partial charge in [-0.05, 0) is 24.3 Å². The Bertz CT molecular complexity index is 1320. The fourth-order valence-corrected chi connectivity index (χ4v) is 3.78. The van der Waals surface area contributed by atoms with E-state index in [4.69, 9.17) is 0 Å². The SMILES string of the molecule is FC(F)(F)OC1C=CC=CC1(Nc1nc2ccccc2n1-c1ccncn1)c1ccncn1. The Kier molecular flexibility index (Phi) is 5.09. The van der Waals surface area contributed by atoms with Crippen molar-refractivity contribution in [2.24, 2.45) is 0 Å². The molecule has 3 heterocycles. The number of aromatic nitrogens is 6. The molecule has 0 fully saturated rings. The van der Waals surface area contributed by atoms with Crippen LogP contribution in [-0.4, -0.2) is 42.0 Å². The lowest BCUT2D eigenvalue weighted by Gasteiger charge is -2.38. The summed E-state index contributed by atoms with van der Waals surface area (Å²) in [5, 5.41) is 3.18. The minimum atomic E-state index is -4.88. The van der Waals surface area contributed by atoms with Crippen LogP contribution in [0.4, 0.5) is 19.1 Å². The average molecular weight is 451 g/mol. The van der Waals surface area contributed by atoms with Gasteiger partial charge in [-0.1, -0.05) is 36.4 Å². The second-order valence-corrected chi connectivity index (χ2v) is 7.14. The number of fused-ring (bicyclic) bond motifs is 1. The monoisotopic (exact) mass is 451 g/mol. The van der Waals surface area contributed by atoms with Crippen molar-refractivity contribution in [2.45, 2.75) is 18.0 Å². The normalized spacial score (nSPS) is 20.3. The highest BCUT2D eigenvalue weighted by atomic mass is 19.4. The number of ether oxygens (including phenoxy) is 1. The van der Waals surface area contributed by atoms with Crippen LogP contribution in [-0.2, 0) is 10.3 Å². The van der Waals surface area contributed by atoms with E-state index in [0.29, 0.717) is 16.9 Å². The lowest BCUT2D eigenvalue weighted by Crippen LogP contribution is -2.49. The smallest absolute Gasteiger partial charge is 0.338 e. The summed E-state index contributed by atoms with van der Waals surface area (Å²) in [5.74, 6) is 0.742. The van der Waals surface area contributed by atoms with Gasteiger partial charge in [0.25, 0.3) is 0 Å². The van der Waals surface area contributed by atoms with E-state index < -0.39 is 18.0 Å². The van der Waals surface area contributed by atoms with Crippen molar-refractivity contribution in [3.63, 3.8) is 0 Å². The summed E-state index contributed by atoms with van der Waals surface area (Å²) < 4.78 is 46.3. The Morgan fingerprint density at radius 1 is 0.970 bits per heavy atom. The molecule has 0 radical (unpaired) electrons. The number of para-hydroxylation sites is 2. The largest absolute Gasteiger partial charge is 0.523 e. The summed E-state index contributed by atoms with van der Waals surface area (Å²) in [6.07, 6.45) is 5.32. The number of anilines is 1. The quantitative estimate of drug-likeness (QED) is 0.491. The predicted octanol–water partition coefficient (Wildman–Crippen LogP) is 3.94. The van der Waals surface area contributed by atoms with Gasteiger partial charge in [-0.3, -0.25) is 9.30 Å². The number of hydrogen-bond donors (Lipinski definition) is 1. The van der Waals surface area contributed by atoms with E-state index in [2.05, 4.69) is 35.0 Å². The Morgan fingerprint density at radius 2 is 1.76 bits per heavy atom. The molecule has 3 aromatic heterocycles. The third kappa shape index (κ3) is 3.94. The topological polar surface area (TPSA) is 90.6 Å². The second kappa shape index (κ2) is 8.10. The number of alkyl halides is 3. The van der Waals surface area contributed by atoms with E-state index in [1.807, 2.05) is 18.2 Å². The van der Waals surface area contributed by atoms with Crippen LogP contribution in [0.2, 0.25) is 0 Å². The van der Waals surface area contributed by atoms with E-state index in [1.54, 1.807) is 35.0 Å². The first kappa shape index (κ1) is 20.8. The van der Waals surface area contributed by atoms with Gasteiger partial charge in [-0.2, -0.15) is 0 Å². The van der Waals surface area contributed by atoms with Crippen molar-refractivity contribution in [1.82, 2.24) is 29.5 Å². The van der Waals surface area contributed by atoms with Crippen molar-refractivity contribution in [2.75, 3.05) is 5.32 Å². The molecule has 0 aliphatic heterocycles. The molecule has 4 aromatic rings. The summed E-state index contributed by atoms with van der Waals surface area (Å²) in [5.41, 5.74) is 0.0631. The fourth-order valence-electron chi connectivity index (χ4n) is 3.78. The number of nitrogens with one attached hydrogen (secondary N) is 1. The number of halogens is 3. The lowest BCUT2D eigenvalue weighted by molar-refractivity contribution is -0.341. The van der Waals surface area contributed by atoms with Crippen molar-refractivity contribution in [3.05, 3.63) is 91.4 Å². The van der Waals surface area contributed by atoms with Gasteiger partial charge >= 0.3 is 6.36 Å². The van der Waals surface area contributed by atoms with Gasteiger partial charge in [-0.15, -0.1) is 13.2 Å². The number of allylic oxidation sites excluding steroid dienone is 2. The maximum Gasteiger partial charge on any atom is 0.523 e. The van der Waals surface area contributed by atoms with Gasteiger partial charge in [0, 0.05) is 12.4 Å². The zero-order valence-electron chi connectivity index (χ0n) is 16.9. The van der Waals surface area contributed by atoms with Gasteiger partial charge in [-0.25, -0.2) is 24.9 Å². The molecule has 0 bridgehead atoms. The first-order chi connectivity index (χ1) is 16.0. The highest BCUT2D eigenvalue weighted by molar-refractivity contribution is 5.81. The Labute approximate surface area is 185 Å². The van der Waals surface area contributed by atoms with E-state index in [0.717, 1.165) is 0 Å². The molecule has 0 spiro atoms. The first-order valence-electron chi connectivity index (χ1n) is 9.85. The molecule has 1 aromatic carbocycles. The standard InChI is InChI=1S/C22H16F3N7O/c23-22(24,25)33-18-7-3-4-10-21(18,17-8-11-26-13-28-17)31-20-30-15-5-1-2-6-16(15)32(20)19-9-12-27-14-29-19/h1-14,18H,(H,30,31). The minimum absolute atomic E-state index is 0.254. The average Bonchev–Trinajstić information content (AvgIpc) is 3.18. The summed E-state index contributed by atoms with van der Waals surface area (Å²) in [6, 6.07) is 10.5. The minimum Gasteiger partial charge on any atom is -0.338 e. The maximum absolute atomic E-state index is 13.4. The predicted molar refractivity (Wildman–Crippen MR) is 113 cm³/mol. The van der Waals surface area contributed by atoms with Gasteiger partial charge in [0.05, 0.1) is 16.7 Å². The van der Waals surface area contributed by atoms with Crippen LogP contribution in [0.5, 0.6) is 0 Å². The van der Waals surface area contributed by atoms with Crippen LogP contribution in [0, 0.1) is 0 Å². The first-order valence-corrected chi connectivity index (χ1v) is 9.85. The molecule has 2 unspecified atom stereocenters. The highest BCUT2D eigenvalue weighted by Crippen LogP contribution is 2.38. The molecule has 1 aliphatic carbocycles. The number of imidazole rings is 1. The van der Waals surface area contributed by atoms with Crippen molar-refractivity contribution >= 4 is 17.0 Å². The molecule has 33 heavy (non-hydrogen) atoms. The van der Waals surface area contributed by atoms with Crippen LogP contribution in [0.3, 0.4) is 0 Å². The zero-order chi connectivity index (χ0) is 22.9. The van der Waals surface area contributed by atoms with Crippen LogP contribution in [0.15, 0.2) is 85.8 Å². The van der Waals surface area contributed by atoms with Gasteiger partial charge in [0.2, 0.25) is 5.95 Å². The molecule has 2 atom stereocenters. The third-order valence-corrected chi connectivity index (χ3v) is 5.15. The number of rotatable bonds is 5. The number of benzene rings is 1. The van der Waals surface area contributed by atoms with Crippen molar-refractivity contribution in [3.8, 4) is 5.82 Å². The van der Waals surface area contributed by atoms with Crippen LogP contribution in [0.1, 0.15) is 5.69 Å². The van der Waals surface area contributed by atoms with E-state index >= 15 is 0 Å². The summed E-state index contributed by atoms with van der Waals surface area (Å²) in [6.45, 7) is 0. The Morgan fingerprint density at radius 3 is 2.48 bits per heavy atom. The van der Waals surface area contributed by atoms with Crippen molar-refractivity contribution < 1.29 is 17.9 Å².